The zero-order chi connectivity index (χ0) is 20.7. The zero-order valence-corrected chi connectivity index (χ0v) is 18.4. The molecule has 2 aliphatic heterocycles. The van der Waals surface area contributed by atoms with Gasteiger partial charge in [0.15, 0.2) is 5.58 Å². The lowest BCUT2D eigenvalue weighted by Gasteiger charge is -2.31. The van der Waals surface area contributed by atoms with E-state index in [0.717, 1.165) is 75.7 Å². The van der Waals surface area contributed by atoms with E-state index in [-0.39, 0.29) is 41.9 Å². The Morgan fingerprint density at radius 1 is 1.00 bits per heavy atom. The number of aromatic nitrogens is 1. The van der Waals surface area contributed by atoms with Crippen LogP contribution in [0.25, 0.3) is 11.0 Å². The van der Waals surface area contributed by atoms with Gasteiger partial charge in [0.25, 0.3) is 0 Å². The third-order valence-electron chi connectivity index (χ3n) is 7.22. The van der Waals surface area contributed by atoms with Gasteiger partial charge in [0.1, 0.15) is 5.82 Å². The van der Waals surface area contributed by atoms with Crippen molar-refractivity contribution in [2.24, 2.45) is 11.8 Å². The van der Waals surface area contributed by atoms with E-state index in [9.17, 15) is 14.0 Å². The predicted octanol–water partition coefficient (Wildman–Crippen LogP) is 4.13. The number of carbonyl (C=O) groups is 2. The predicted molar refractivity (Wildman–Crippen MR) is 116 cm³/mol. The lowest BCUT2D eigenvalue weighted by atomic mass is 9.81. The smallest absolute Gasteiger partial charge is 0.233 e. The molecule has 0 N–H and O–H groups in total. The van der Waals surface area contributed by atoms with E-state index >= 15 is 0 Å². The summed E-state index contributed by atoms with van der Waals surface area (Å²) in [6.45, 7) is 3.34. The first kappa shape index (κ1) is 22.2. The number of carbonyl (C=O) groups excluding carboxylic acids is 2. The molecule has 1 aromatic heterocycles. The molecule has 8 heteroatoms. The number of halogens is 2. The molecule has 0 unspecified atom stereocenters. The Morgan fingerprint density at radius 2 is 1.68 bits per heavy atom. The molecule has 1 saturated carbocycles. The van der Waals surface area contributed by atoms with Crippen molar-refractivity contribution in [1.29, 1.82) is 0 Å². The van der Waals surface area contributed by atoms with Crippen LogP contribution in [0.15, 0.2) is 22.7 Å². The van der Waals surface area contributed by atoms with Crippen molar-refractivity contribution in [3.8, 4) is 0 Å². The van der Waals surface area contributed by atoms with Crippen LogP contribution in [0, 0.1) is 17.7 Å². The van der Waals surface area contributed by atoms with Crippen molar-refractivity contribution in [1.82, 2.24) is 15.0 Å². The minimum atomic E-state index is -0.311. The highest BCUT2D eigenvalue weighted by Gasteiger charge is 2.47. The summed E-state index contributed by atoms with van der Waals surface area (Å²) < 4.78 is 18.7. The molecule has 3 aliphatic rings. The molecule has 3 heterocycles. The fraction of sp³-hybridized carbons (Fsp3) is 0.609. The van der Waals surface area contributed by atoms with Gasteiger partial charge in [-0.25, -0.2) is 4.39 Å². The molecule has 3 fully saturated rings. The third-order valence-corrected chi connectivity index (χ3v) is 7.22. The maximum absolute atomic E-state index is 13.4. The van der Waals surface area contributed by atoms with E-state index in [4.69, 9.17) is 4.52 Å². The summed E-state index contributed by atoms with van der Waals surface area (Å²) in [5, 5.41) is 5.11. The molecule has 2 amide bonds. The summed E-state index contributed by atoms with van der Waals surface area (Å²) in [4.78, 5) is 29.1. The van der Waals surface area contributed by atoms with Crippen LogP contribution in [0.3, 0.4) is 0 Å². The quantitative estimate of drug-likeness (QED) is 0.642. The Balaban J connectivity index is 0.00000231. The number of imide groups is 1. The van der Waals surface area contributed by atoms with E-state index in [0.29, 0.717) is 18.0 Å². The first-order valence-corrected chi connectivity index (χ1v) is 11.2. The van der Waals surface area contributed by atoms with Gasteiger partial charge >= 0.3 is 0 Å². The van der Waals surface area contributed by atoms with Crippen LogP contribution < -0.4 is 0 Å². The van der Waals surface area contributed by atoms with Crippen molar-refractivity contribution in [3.05, 3.63) is 29.7 Å². The van der Waals surface area contributed by atoms with Crippen LogP contribution in [0.4, 0.5) is 4.39 Å². The number of likely N-dealkylation sites (tertiary alicyclic amines) is 2. The van der Waals surface area contributed by atoms with Crippen LogP contribution in [0.5, 0.6) is 0 Å². The van der Waals surface area contributed by atoms with Gasteiger partial charge in [0.05, 0.1) is 17.5 Å². The molecular weight excluding hydrogens is 421 g/mol. The van der Waals surface area contributed by atoms with Gasteiger partial charge in [-0.3, -0.25) is 14.5 Å². The van der Waals surface area contributed by atoms with Crippen LogP contribution in [-0.4, -0.2) is 52.9 Å². The van der Waals surface area contributed by atoms with Crippen LogP contribution in [0.1, 0.15) is 56.6 Å². The van der Waals surface area contributed by atoms with Gasteiger partial charge in [-0.05, 0) is 63.9 Å². The average molecular weight is 450 g/mol. The van der Waals surface area contributed by atoms with E-state index in [1.54, 1.807) is 6.07 Å². The molecule has 6 nitrogen and oxygen atoms in total. The first-order chi connectivity index (χ1) is 14.6. The van der Waals surface area contributed by atoms with Crippen LogP contribution in [0.2, 0.25) is 0 Å². The molecule has 2 atom stereocenters. The molecule has 0 bridgehead atoms. The number of benzene rings is 1. The second-order valence-corrected chi connectivity index (χ2v) is 9.00. The molecule has 168 valence electrons. The molecular formula is C23H29ClFN3O3. The van der Waals surface area contributed by atoms with Crippen molar-refractivity contribution in [2.75, 3.05) is 26.2 Å². The molecule has 0 spiro atoms. The molecule has 2 saturated heterocycles. The minimum Gasteiger partial charge on any atom is -0.356 e. The van der Waals surface area contributed by atoms with Gasteiger partial charge in [0.2, 0.25) is 11.8 Å². The van der Waals surface area contributed by atoms with Crippen LogP contribution >= 0.6 is 12.4 Å². The summed E-state index contributed by atoms with van der Waals surface area (Å²) in [6.07, 6.45) is 6.67. The minimum absolute atomic E-state index is 0. The zero-order valence-electron chi connectivity index (χ0n) is 17.6. The summed E-state index contributed by atoms with van der Waals surface area (Å²) >= 11 is 0. The lowest BCUT2D eigenvalue weighted by molar-refractivity contribution is -0.140. The number of hydrogen-bond acceptors (Lipinski definition) is 5. The SMILES string of the molecule is Cl.O=C1[C@H]2CCCC[C@H]2C(=O)N1CCCN1CCC(c2noc3cc(F)ccc23)CC1. The Morgan fingerprint density at radius 3 is 2.35 bits per heavy atom. The number of amides is 2. The van der Waals surface area contributed by atoms with Crippen molar-refractivity contribution in [2.45, 2.75) is 50.9 Å². The number of nitrogens with zero attached hydrogens (tertiary/aromatic N) is 3. The molecule has 0 radical (unpaired) electrons. The number of fused-ring (bicyclic) bond motifs is 2. The molecule has 1 aromatic carbocycles. The molecule has 1 aliphatic carbocycles. The maximum atomic E-state index is 13.4. The third kappa shape index (κ3) is 4.22. The van der Waals surface area contributed by atoms with Crippen molar-refractivity contribution in [3.63, 3.8) is 0 Å². The standard InChI is InChI=1S/C23H28FN3O3.ClH/c24-16-6-7-19-20(14-16)30-25-21(19)15-8-12-26(13-9-15)10-3-11-27-22(28)17-4-1-2-5-18(17)23(27)29;/h6-7,14-15,17-18H,1-5,8-13H2;1H/t17-,18+;. The van der Waals surface area contributed by atoms with Gasteiger partial charge < -0.3 is 9.42 Å². The largest absolute Gasteiger partial charge is 0.356 e. The van der Waals surface area contributed by atoms with Crippen molar-refractivity contribution >= 4 is 35.2 Å². The van der Waals surface area contributed by atoms with E-state index in [1.807, 2.05) is 0 Å². The van der Waals surface area contributed by atoms with Crippen LogP contribution in [-0.2, 0) is 9.59 Å². The second-order valence-electron chi connectivity index (χ2n) is 9.00. The number of hydrogen-bond donors (Lipinski definition) is 0. The highest BCUT2D eigenvalue weighted by Crippen LogP contribution is 2.38. The summed E-state index contributed by atoms with van der Waals surface area (Å²) in [5.74, 6) is 0.0445. The Labute approximate surface area is 187 Å². The molecule has 2 aromatic rings. The Bertz CT molecular complexity index is 933. The highest BCUT2D eigenvalue weighted by molar-refractivity contribution is 6.05. The van der Waals surface area contributed by atoms with Gasteiger partial charge in [-0.2, -0.15) is 0 Å². The topological polar surface area (TPSA) is 66.7 Å². The van der Waals surface area contributed by atoms with Gasteiger partial charge in [0, 0.05) is 23.9 Å². The van der Waals surface area contributed by atoms with E-state index in [1.165, 1.54) is 17.0 Å². The maximum Gasteiger partial charge on any atom is 0.233 e. The monoisotopic (exact) mass is 449 g/mol. The fourth-order valence-corrected chi connectivity index (χ4v) is 5.56. The average Bonchev–Trinajstić information content (AvgIpc) is 3.29. The van der Waals surface area contributed by atoms with E-state index in [2.05, 4.69) is 10.1 Å². The van der Waals surface area contributed by atoms with Crippen molar-refractivity contribution < 1.29 is 18.5 Å². The lowest BCUT2D eigenvalue weighted by Crippen LogP contribution is -2.37. The van der Waals surface area contributed by atoms with Gasteiger partial charge in [-0.1, -0.05) is 18.0 Å². The summed E-state index contributed by atoms with van der Waals surface area (Å²) in [7, 11) is 0. The molecule has 31 heavy (non-hydrogen) atoms. The summed E-state index contributed by atoms with van der Waals surface area (Å²) in [6, 6.07) is 4.60. The number of rotatable bonds is 5. The Hall–Kier alpha value is -1.99. The first-order valence-electron chi connectivity index (χ1n) is 11.2. The number of piperidine rings is 1. The Kier molecular flexibility index (Phi) is 6.63. The second kappa shape index (κ2) is 9.25. The van der Waals surface area contributed by atoms with Gasteiger partial charge in [-0.15, -0.1) is 12.4 Å². The highest BCUT2D eigenvalue weighted by atomic mass is 35.5. The molecule has 5 rings (SSSR count). The van der Waals surface area contributed by atoms with E-state index < -0.39 is 0 Å². The normalized spacial score (nSPS) is 25.1. The summed E-state index contributed by atoms with van der Waals surface area (Å²) in [5.41, 5.74) is 1.44. The fourth-order valence-electron chi connectivity index (χ4n) is 5.56.